The van der Waals surface area contributed by atoms with Gasteiger partial charge in [-0.05, 0) is 43.4 Å². The van der Waals surface area contributed by atoms with E-state index in [1.54, 1.807) is 13.0 Å². The number of nitrogens with zero attached hydrogens (tertiary/aromatic N) is 2. The molecule has 0 aliphatic heterocycles. The number of rotatable bonds is 5. The predicted octanol–water partition coefficient (Wildman–Crippen LogP) is 4.20. The van der Waals surface area contributed by atoms with Crippen molar-refractivity contribution in [2.45, 2.75) is 44.9 Å². The van der Waals surface area contributed by atoms with Crippen LogP contribution in [0.4, 0.5) is 13.2 Å². The standard InChI is InChI=1S/C16H18F3N3O/c1-9(15-21-10(2)23-22-15)20-14(11-6-7-11)12-4-3-5-13(8-12)16(17,18)19/h3-5,8-9,11,14,20H,6-7H2,1-2H3/t9-,14+/m1/s1. The summed E-state index contributed by atoms with van der Waals surface area (Å²) < 4.78 is 43.7. The Balaban J connectivity index is 1.82. The van der Waals surface area contributed by atoms with Gasteiger partial charge in [-0.2, -0.15) is 18.2 Å². The van der Waals surface area contributed by atoms with Gasteiger partial charge in [-0.3, -0.25) is 0 Å². The van der Waals surface area contributed by atoms with Gasteiger partial charge in [-0.25, -0.2) is 0 Å². The molecule has 1 aromatic carbocycles. The van der Waals surface area contributed by atoms with Crippen molar-refractivity contribution in [3.05, 3.63) is 47.1 Å². The lowest BCUT2D eigenvalue weighted by atomic mass is 9.99. The Kier molecular flexibility index (Phi) is 4.14. The zero-order valence-corrected chi connectivity index (χ0v) is 12.9. The maximum atomic E-state index is 12.9. The fourth-order valence-electron chi connectivity index (χ4n) is 2.68. The highest BCUT2D eigenvalue weighted by molar-refractivity contribution is 5.29. The molecule has 2 atom stereocenters. The lowest BCUT2D eigenvalue weighted by molar-refractivity contribution is -0.137. The zero-order valence-electron chi connectivity index (χ0n) is 12.9. The molecule has 4 nitrogen and oxygen atoms in total. The molecule has 1 aromatic heterocycles. The molecule has 0 radical (unpaired) electrons. The van der Waals surface area contributed by atoms with Gasteiger partial charge < -0.3 is 9.84 Å². The van der Waals surface area contributed by atoms with Crippen LogP contribution in [0.25, 0.3) is 0 Å². The van der Waals surface area contributed by atoms with Gasteiger partial charge in [0.25, 0.3) is 0 Å². The molecule has 0 saturated heterocycles. The summed E-state index contributed by atoms with van der Waals surface area (Å²) in [5, 5.41) is 7.22. The number of alkyl halides is 3. The molecule has 1 aliphatic rings. The summed E-state index contributed by atoms with van der Waals surface area (Å²) in [5.74, 6) is 1.32. The molecule has 2 aromatic rings. The van der Waals surface area contributed by atoms with Crippen LogP contribution in [0.2, 0.25) is 0 Å². The molecular weight excluding hydrogens is 307 g/mol. The molecule has 0 amide bonds. The second-order valence-electron chi connectivity index (χ2n) is 6.00. The van der Waals surface area contributed by atoms with E-state index in [2.05, 4.69) is 15.5 Å². The Morgan fingerprint density at radius 2 is 2.04 bits per heavy atom. The summed E-state index contributed by atoms with van der Waals surface area (Å²) in [6.07, 6.45) is -2.32. The average Bonchev–Trinajstić information content (AvgIpc) is 3.24. The summed E-state index contributed by atoms with van der Waals surface area (Å²) in [4.78, 5) is 4.17. The summed E-state index contributed by atoms with van der Waals surface area (Å²) >= 11 is 0. The molecule has 23 heavy (non-hydrogen) atoms. The minimum Gasteiger partial charge on any atom is -0.340 e. The highest BCUT2D eigenvalue weighted by Crippen LogP contribution is 2.43. The molecule has 0 bridgehead atoms. The van der Waals surface area contributed by atoms with Crippen molar-refractivity contribution in [3.8, 4) is 0 Å². The SMILES string of the molecule is Cc1nc([C@@H](C)N[C@H](c2cccc(C(F)(F)F)c2)C2CC2)no1. The summed E-state index contributed by atoms with van der Waals surface area (Å²) in [6.45, 7) is 3.58. The van der Waals surface area contributed by atoms with Gasteiger partial charge >= 0.3 is 6.18 Å². The quantitative estimate of drug-likeness (QED) is 0.895. The third-order valence-electron chi connectivity index (χ3n) is 4.03. The number of aryl methyl sites for hydroxylation is 1. The number of benzene rings is 1. The van der Waals surface area contributed by atoms with Crippen LogP contribution < -0.4 is 5.32 Å². The van der Waals surface area contributed by atoms with Gasteiger partial charge in [0.2, 0.25) is 5.89 Å². The van der Waals surface area contributed by atoms with E-state index in [4.69, 9.17) is 4.52 Å². The number of halogens is 3. The van der Waals surface area contributed by atoms with Crippen molar-refractivity contribution < 1.29 is 17.7 Å². The first kappa shape index (κ1) is 16.0. The largest absolute Gasteiger partial charge is 0.416 e. The van der Waals surface area contributed by atoms with E-state index in [9.17, 15) is 13.2 Å². The molecule has 7 heteroatoms. The summed E-state index contributed by atoms with van der Waals surface area (Å²) in [7, 11) is 0. The second-order valence-corrected chi connectivity index (χ2v) is 6.00. The molecule has 1 saturated carbocycles. The van der Waals surface area contributed by atoms with Crippen molar-refractivity contribution in [2.75, 3.05) is 0 Å². The first-order valence-electron chi connectivity index (χ1n) is 7.58. The lowest BCUT2D eigenvalue weighted by Gasteiger charge is -2.23. The monoisotopic (exact) mass is 325 g/mol. The van der Waals surface area contributed by atoms with E-state index in [0.717, 1.165) is 18.9 Å². The van der Waals surface area contributed by atoms with Crippen molar-refractivity contribution in [1.29, 1.82) is 0 Å². The third-order valence-corrected chi connectivity index (χ3v) is 4.03. The van der Waals surface area contributed by atoms with Gasteiger partial charge in [0, 0.05) is 13.0 Å². The predicted molar refractivity (Wildman–Crippen MR) is 77.5 cm³/mol. The van der Waals surface area contributed by atoms with Crippen LogP contribution in [0.1, 0.15) is 54.7 Å². The number of aromatic nitrogens is 2. The molecule has 1 heterocycles. The van der Waals surface area contributed by atoms with Crippen molar-refractivity contribution >= 4 is 0 Å². The maximum absolute atomic E-state index is 12.9. The van der Waals surface area contributed by atoms with Gasteiger partial charge in [0.15, 0.2) is 5.82 Å². The molecular formula is C16H18F3N3O. The minimum absolute atomic E-state index is 0.147. The zero-order chi connectivity index (χ0) is 16.6. The van der Waals surface area contributed by atoms with Crippen molar-refractivity contribution in [1.82, 2.24) is 15.5 Å². The highest BCUT2D eigenvalue weighted by atomic mass is 19.4. The number of nitrogens with one attached hydrogen (secondary N) is 1. The second kappa shape index (κ2) is 5.96. The Labute approximate surface area is 132 Å². The molecule has 3 rings (SSSR count). The van der Waals surface area contributed by atoms with Gasteiger partial charge in [0.1, 0.15) is 0 Å². The van der Waals surface area contributed by atoms with Crippen molar-refractivity contribution in [3.63, 3.8) is 0 Å². The van der Waals surface area contributed by atoms with E-state index in [1.807, 2.05) is 6.92 Å². The first-order chi connectivity index (χ1) is 10.8. The lowest BCUT2D eigenvalue weighted by Crippen LogP contribution is -2.27. The third kappa shape index (κ3) is 3.72. The molecule has 1 fully saturated rings. The smallest absolute Gasteiger partial charge is 0.340 e. The van der Waals surface area contributed by atoms with Crippen LogP contribution in [0.15, 0.2) is 28.8 Å². The summed E-state index contributed by atoms with van der Waals surface area (Å²) in [6, 6.07) is 5.17. The van der Waals surface area contributed by atoms with Gasteiger partial charge in [-0.1, -0.05) is 17.3 Å². The van der Waals surface area contributed by atoms with Crippen LogP contribution in [0.5, 0.6) is 0 Å². The summed E-state index contributed by atoms with van der Waals surface area (Å²) in [5.41, 5.74) is 0.0277. The van der Waals surface area contributed by atoms with E-state index < -0.39 is 11.7 Å². The van der Waals surface area contributed by atoms with Crippen LogP contribution in [-0.4, -0.2) is 10.1 Å². The van der Waals surface area contributed by atoms with Crippen LogP contribution in [-0.2, 0) is 6.18 Å². The molecule has 1 N–H and O–H groups in total. The molecule has 124 valence electrons. The van der Waals surface area contributed by atoms with Crippen LogP contribution >= 0.6 is 0 Å². The number of hydrogen-bond acceptors (Lipinski definition) is 4. The Bertz CT molecular complexity index is 679. The number of hydrogen-bond donors (Lipinski definition) is 1. The maximum Gasteiger partial charge on any atom is 0.416 e. The molecule has 0 spiro atoms. The Morgan fingerprint density at radius 3 is 2.61 bits per heavy atom. The topological polar surface area (TPSA) is 51.0 Å². The molecule has 0 unspecified atom stereocenters. The van der Waals surface area contributed by atoms with Crippen LogP contribution in [0, 0.1) is 12.8 Å². The Hall–Kier alpha value is -1.89. The van der Waals surface area contributed by atoms with Crippen LogP contribution in [0.3, 0.4) is 0 Å². The first-order valence-corrected chi connectivity index (χ1v) is 7.58. The van der Waals surface area contributed by atoms with E-state index in [1.165, 1.54) is 12.1 Å². The Morgan fingerprint density at radius 1 is 1.30 bits per heavy atom. The minimum atomic E-state index is -4.33. The van der Waals surface area contributed by atoms with Gasteiger partial charge in [0.05, 0.1) is 11.6 Å². The molecule has 1 aliphatic carbocycles. The van der Waals surface area contributed by atoms with Gasteiger partial charge in [-0.15, -0.1) is 0 Å². The fourth-order valence-corrected chi connectivity index (χ4v) is 2.68. The average molecular weight is 325 g/mol. The highest BCUT2D eigenvalue weighted by Gasteiger charge is 2.36. The van der Waals surface area contributed by atoms with Crippen molar-refractivity contribution in [2.24, 2.45) is 5.92 Å². The fraction of sp³-hybridized carbons (Fsp3) is 0.500. The normalized spacial score (nSPS) is 18.0. The van der Waals surface area contributed by atoms with E-state index in [-0.39, 0.29) is 12.1 Å². The van der Waals surface area contributed by atoms with E-state index >= 15 is 0 Å². The van der Waals surface area contributed by atoms with E-state index in [0.29, 0.717) is 23.2 Å².